The van der Waals surface area contributed by atoms with Crippen LogP contribution in [0.2, 0.25) is 0 Å². The number of aryl methyl sites for hydroxylation is 1. The van der Waals surface area contributed by atoms with Crippen LogP contribution < -0.4 is 5.32 Å². The Hall–Kier alpha value is -1.64. The third-order valence-corrected chi connectivity index (χ3v) is 5.64. The molecule has 0 bridgehead atoms. The Bertz CT molecular complexity index is 792. The van der Waals surface area contributed by atoms with Crippen molar-refractivity contribution in [3.05, 3.63) is 29.8 Å². The molecule has 7 nitrogen and oxygen atoms in total. The van der Waals surface area contributed by atoms with E-state index in [1.54, 1.807) is 12.1 Å². The monoisotopic (exact) mass is 443 g/mol. The Balaban J connectivity index is 2.44. The standard InChI is InChI=1S/C22H37NO6S/c1-17-9-11-18(12-10-17)30(25,26)28-16-14-22(7,8)27-15-13-21(5,6)23-19(24)29-20(2,3)4/h9-12H,13-16H2,1-8H3,(H,23,24). The maximum atomic E-state index is 12.3. The molecule has 0 unspecified atom stereocenters. The Morgan fingerprint density at radius 3 is 2.03 bits per heavy atom. The normalized spacial score (nSPS) is 13.2. The van der Waals surface area contributed by atoms with Crippen LogP contribution in [-0.2, 0) is 23.8 Å². The topological polar surface area (TPSA) is 90.9 Å². The molecule has 172 valence electrons. The van der Waals surface area contributed by atoms with Gasteiger partial charge < -0.3 is 14.8 Å². The molecule has 0 aliphatic heterocycles. The van der Waals surface area contributed by atoms with E-state index >= 15 is 0 Å². The minimum Gasteiger partial charge on any atom is -0.444 e. The fourth-order valence-corrected chi connectivity index (χ4v) is 3.38. The first-order chi connectivity index (χ1) is 13.5. The average molecular weight is 444 g/mol. The molecule has 1 aromatic rings. The van der Waals surface area contributed by atoms with Crippen molar-refractivity contribution in [3.8, 4) is 0 Å². The number of rotatable bonds is 10. The maximum Gasteiger partial charge on any atom is 0.408 e. The average Bonchev–Trinajstić information content (AvgIpc) is 2.51. The van der Waals surface area contributed by atoms with Gasteiger partial charge in [-0.1, -0.05) is 17.7 Å². The van der Waals surface area contributed by atoms with E-state index in [-0.39, 0.29) is 11.5 Å². The fraction of sp³-hybridized carbons (Fsp3) is 0.682. The Kier molecular flexibility index (Phi) is 8.90. The molecule has 30 heavy (non-hydrogen) atoms. The highest BCUT2D eigenvalue weighted by molar-refractivity contribution is 7.86. The van der Waals surface area contributed by atoms with E-state index in [0.29, 0.717) is 19.4 Å². The highest BCUT2D eigenvalue weighted by atomic mass is 32.2. The van der Waals surface area contributed by atoms with E-state index in [9.17, 15) is 13.2 Å². The van der Waals surface area contributed by atoms with Crippen LogP contribution in [0.3, 0.4) is 0 Å². The quantitative estimate of drug-likeness (QED) is 0.532. The summed E-state index contributed by atoms with van der Waals surface area (Å²) in [4.78, 5) is 12.1. The van der Waals surface area contributed by atoms with E-state index in [0.717, 1.165) is 5.56 Å². The zero-order valence-electron chi connectivity index (χ0n) is 19.5. The first kappa shape index (κ1) is 26.4. The molecule has 0 fully saturated rings. The lowest BCUT2D eigenvalue weighted by Gasteiger charge is -2.31. The first-order valence-corrected chi connectivity index (χ1v) is 11.5. The SMILES string of the molecule is Cc1ccc(S(=O)(=O)OCCC(C)(C)OCCC(C)(C)NC(=O)OC(C)(C)C)cc1. The molecule has 0 aliphatic carbocycles. The summed E-state index contributed by atoms with van der Waals surface area (Å²) in [5.41, 5.74) is -0.668. The van der Waals surface area contributed by atoms with Crippen molar-refractivity contribution in [2.24, 2.45) is 0 Å². The summed E-state index contributed by atoms with van der Waals surface area (Å²) in [5.74, 6) is 0. The zero-order valence-corrected chi connectivity index (χ0v) is 20.3. The summed E-state index contributed by atoms with van der Waals surface area (Å²) in [6.07, 6.45) is 0.498. The molecule has 0 aromatic heterocycles. The van der Waals surface area contributed by atoms with Crippen molar-refractivity contribution in [2.45, 2.75) is 89.9 Å². The fourth-order valence-electron chi connectivity index (χ4n) is 2.47. The number of carbonyl (C=O) groups excluding carboxylic acids is 1. The van der Waals surface area contributed by atoms with Gasteiger partial charge in [-0.25, -0.2) is 4.79 Å². The van der Waals surface area contributed by atoms with E-state index in [1.165, 1.54) is 12.1 Å². The van der Waals surface area contributed by atoms with Gasteiger partial charge in [-0.05, 0) is 73.9 Å². The van der Waals surface area contributed by atoms with Gasteiger partial charge >= 0.3 is 6.09 Å². The Morgan fingerprint density at radius 2 is 1.50 bits per heavy atom. The number of nitrogens with one attached hydrogen (secondary N) is 1. The smallest absolute Gasteiger partial charge is 0.408 e. The number of alkyl carbamates (subject to hydrolysis) is 1. The highest BCUT2D eigenvalue weighted by Crippen LogP contribution is 2.20. The summed E-state index contributed by atoms with van der Waals surface area (Å²) < 4.78 is 40.9. The van der Waals surface area contributed by atoms with Gasteiger partial charge in [0.25, 0.3) is 10.1 Å². The first-order valence-electron chi connectivity index (χ1n) is 10.1. The number of hydrogen-bond acceptors (Lipinski definition) is 6. The molecular weight excluding hydrogens is 406 g/mol. The second-order valence-electron chi connectivity index (χ2n) is 9.71. The van der Waals surface area contributed by atoms with Crippen LogP contribution in [0.25, 0.3) is 0 Å². The molecular formula is C22H37NO6S. The molecule has 1 amide bonds. The van der Waals surface area contributed by atoms with Crippen molar-refractivity contribution in [2.75, 3.05) is 13.2 Å². The van der Waals surface area contributed by atoms with Crippen molar-refractivity contribution < 1.29 is 26.9 Å². The summed E-state index contributed by atoms with van der Waals surface area (Å²) in [5, 5.41) is 2.84. The molecule has 8 heteroatoms. The van der Waals surface area contributed by atoms with E-state index < -0.39 is 33.0 Å². The lowest BCUT2D eigenvalue weighted by Crippen LogP contribution is -2.46. The van der Waals surface area contributed by atoms with Crippen molar-refractivity contribution in [1.29, 1.82) is 0 Å². The van der Waals surface area contributed by atoms with Crippen LogP contribution >= 0.6 is 0 Å². The van der Waals surface area contributed by atoms with E-state index in [1.807, 2.05) is 55.4 Å². The number of ether oxygens (including phenoxy) is 2. The summed E-state index contributed by atoms with van der Waals surface area (Å²) >= 11 is 0. The Labute approximate surface area is 181 Å². The molecule has 0 spiro atoms. The van der Waals surface area contributed by atoms with Crippen molar-refractivity contribution >= 4 is 16.2 Å². The third kappa shape index (κ3) is 10.4. The molecule has 1 rings (SSSR count). The van der Waals surface area contributed by atoms with Gasteiger partial charge in [0.2, 0.25) is 0 Å². The largest absolute Gasteiger partial charge is 0.444 e. The van der Waals surface area contributed by atoms with Crippen LogP contribution in [0.15, 0.2) is 29.2 Å². The Morgan fingerprint density at radius 1 is 0.933 bits per heavy atom. The zero-order chi connectivity index (χ0) is 23.2. The van der Waals surface area contributed by atoms with Crippen LogP contribution in [0.1, 0.15) is 66.9 Å². The van der Waals surface area contributed by atoms with Gasteiger partial charge in [0, 0.05) is 18.6 Å². The summed E-state index contributed by atoms with van der Waals surface area (Å²) in [7, 11) is -3.79. The second-order valence-corrected chi connectivity index (χ2v) is 11.3. The third-order valence-electron chi connectivity index (χ3n) is 4.31. The van der Waals surface area contributed by atoms with Gasteiger partial charge in [0.1, 0.15) is 5.60 Å². The van der Waals surface area contributed by atoms with Gasteiger partial charge in [0.15, 0.2) is 0 Å². The molecule has 1 N–H and O–H groups in total. The number of amides is 1. The summed E-state index contributed by atoms with van der Waals surface area (Å²) in [6.45, 7) is 15.3. The van der Waals surface area contributed by atoms with Crippen LogP contribution in [0, 0.1) is 6.92 Å². The van der Waals surface area contributed by atoms with Gasteiger partial charge in [-0.3, -0.25) is 4.18 Å². The second kappa shape index (κ2) is 10.1. The van der Waals surface area contributed by atoms with Crippen molar-refractivity contribution in [3.63, 3.8) is 0 Å². The predicted molar refractivity (Wildman–Crippen MR) is 117 cm³/mol. The van der Waals surface area contributed by atoms with Crippen LogP contribution in [0.4, 0.5) is 4.79 Å². The van der Waals surface area contributed by atoms with Crippen LogP contribution in [-0.4, -0.2) is 44.5 Å². The van der Waals surface area contributed by atoms with Gasteiger partial charge in [0.05, 0.1) is 17.1 Å². The van der Waals surface area contributed by atoms with E-state index in [4.69, 9.17) is 13.7 Å². The highest BCUT2D eigenvalue weighted by Gasteiger charge is 2.26. The molecule has 1 aromatic carbocycles. The molecule has 0 atom stereocenters. The lowest BCUT2D eigenvalue weighted by atomic mass is 10.0. The van der Waals surface area contributed by atoms with Crippen LogP contribution in [0.5, 0.6) is 0 Å². The lowest BCUT2D eigenvalue weighted by molar-refractivity contribution is -0.0373. The molecule has 0 heterocycles. The molecule has 0 aliphatic rings. The van der Waals surface area contributed by atoms with Crippen molar-refractivity contribution in [1.82, 2.24) is 5.32 Å². The number of benzene rings is 1. The number of carbonyl (C=O) groups is 1. The molecule has 0 radical (unpaired) electrons. The minimum absolute atomic E-state index is 0.0166. The molecule has 0 saturated carbocycles. The predicted octanol–water partition coefficient (Wildman–Crippen LogP) is 4.58. The van der Waals surface area contributed by atoms with E-state index in [2.05, 4.69) is 5.32 Å². The van der Waals surface area contributed by atoms with Gasteiger partial charge in [-0.15, -0.1) is 0 Å². The maximum absolute atomic E-state index is 12.3. The minimum atomic E-state index is -3.79. The molecule has 0 saturated heterocycles. The van der Waals surface area contributed by atoms with Gasteiger partial charge in [-0.2, -0.15) is 8.42 Å². The summed E-state index contributed by atoms with van der Waals surface area (Å²) in [6, 6.07) is 6.53. The number of hydrogen-bond donors (Lipinski definition) is 1.